The van der Waals surface area contributed by atoms with Crippen molar-refractivity contribution >= 4 is 23.4 Å². The molecule has 0 fully saturated rings. The van der Waals surface area contributed by atoms with Crippen LogP contribution in [0.5, 0.6) is 0 Å². The van der Waals surface area contributed by atoms with Gasteiger partial charge < -0.3 is 0 Å². The summed E-state index contributed by atoms with van der Waals surface area (Å²) in [5.74, 6) is 6.20. The van der Waals surface area contributed by atoms with Crippen LogP contribution in [0.25, 0.3) is 0 Å². The van der Waals surface area contributed by atoms with E-state index < -0.39 is 0 Å². The molecule has 90 valence electrons. The van der Waals surface area contributed by atoms with Gasteiger partial charge in [0.1, 0.15) is 5.82 Å². The van der Waals surface area contributed by atoms with Crippen molar-refractivity contribution in [1.29, 1.82) is 0 Å². The first-order valence-corrected chi connectivity index (χ1v) is 6.83. The molecule has 0 aliphatic heterocycles. The average Bonchev–Trinajstić information content (AvgIpc) is 2.28. The maximum absolute atomic E-state index is 13.5. The first-order chi connectivity index (χ1) is 7.67. The Morgan fingerprint density at radius 2 is 2.31 bits per heavy atom. The first kappa shape index (κ1) is 13.8. The van der Waals surface area contributed by atoms with Gasteiger partial charge in [0, 0.05) is 11.1 Å². The maximum Gasteiger partial charge on any atom is 0.126 e. The van der Waals surface area contributed by atoms with Crippen molar-refractivity contribution in [2.75, 3.05) is 12.0 Å². The van der Waals surface area contributed by atoms with E-state index in [0.717, 1.165) is 12.2 Å². The molecule has 0 saturated carbocycles. The number of rotatable bonds is 6. The molecule has 1 atom stereocenters. The largest absolute Gasteiger partial charge is 0.271 e. The quantitative estimate of drug-likeness (QED) is 0.611. The van der Waals surface area contributed by atoms with Gasteiger partial charge in [-0.2, -0.15) is 11.8 Å². The third-order valence-electron chi connectivity index (χ3n) is 2.38. The van der Waals surface area contributed by atoms with E-state index in [-0.39, 0.29) is 11.9 Å². The van der Waals surface area contributed by atoms with Crippen molar-refractivity contribution in [1.82, 2.24) is 5.43 Å². The number of nitrogens with two attached hydrogens (primary N) is 1. The lowest BCUT2D eigenvalue weighted by atomic mass is 10.0. The van der Waals surface area contributed by atoms with Crippen LogP contribution in [0, 0.1) is 5.82 Å². The third kappa shape index (κ3) is 4.29. The van der Waals surface area contributed by atoms with Crippen molar-refractivity contribution in [3.05, 3.63) is 34.6 Å². The molecule has 0 amide bonds. The molecule has 0 spiro atoms. The SMILES string of the molecule is CSCCC(Cc1cc(Cl)ccc1F)NN. The summed E-state index contributed by atoms with van der Waals surface area (Å²) in [6, 6.07) is 4.67. The lowest BCUT2D eigenvalue weighted by molar-refractivity contribution is 0.500. The topological polar surface area (TPSA) is 38.0 Å². The minimum absolute atomic E-state index is 0.0837. The molecule has 0 radical (unpaired) electrons. The van der Waals surface area contributed by atoms with Crippen LogP contribution in [0.2, 0.25) is 5.02 Å². The maximum atomic E-state index is 13.5. The third-order valence-corrected chi connectivity index (χ3v) is 3.26. The smallest absolute Gasteiger partial charge is 0.126 e. The Kier molecular flexibility index (Phi) is 6.13. The molecular weight excluding hydrogens is 247 g/mol. The van der Waals surface area contributed by atoms with E-state index in [1.165, 1.54) is 6.07 Å². The van der Waals surface area contributed by atoms with E-state index in [9.17, 15) is 4.39 Å². The van der Waals surface area contributed by atoms with E-state index in [4.69, 9.17) is 17.4 Å². The fourth-order valence-corrected chi connectivity index (χ4v) is 2.18. The van der Waals surface area contributed by atoms with Crippen LogP contribution in [0.1, 0.15) is 12.0 Å². The molecule has 1 aromatic carbocycles. The van der Waals surface area contributed by atoms with Crippen LogP contribution in [-0.2, 0) is 6.42 Å². The van der Waals surface area contributed by atoms with Gasteiger partial charge in [0.25, 0.3) is 0 Å². The summed E-state index contributed by atoms with van der Waals surface area (Å²) in [6.45, 7) is 0. The molecule has 1 aromatic rings. The summed E-state index contributed by atoms with van der Waals surface area (Å²) in [5, 5.41) is 0.553. The monoisotopic (exact) mass is 262 g/mol. The van der Waals surface area contributed by atoms with Crippen molar-refractivity contribution in [3.8, 4) is 0 Å². The zero-order chi connectivity index (χ0) is 12.0. The van der Waals surface area contributed by atoms with E-state index in [2.05, 4.69) is 5.43 Å². The molecule has 1 rings (SSSR count). The predicted octanol–water partition coefficient (Wildman–Crippen LogP) is 2.61. The molecular formula is C11H16ClFN2S. The number of benzene rings is 1. The molecule has 0 aromatic heterocycles. The van der Waals surface area contributed by atoms with Crippen molar-refractivity contribution < 1.29 is 4.39 Å². The van der Waals surface area contributed by atoms with Gasteiger partial charge in [-0.25, -0.2) is 4.39 Å². The van der Waals surface area contributed by atoms with Gasteiger partial charge in [0.15, 0.2) is 0 Å². The number of halogens is 2. The van der Waals surface area contributed by atoms with Crippen molar-refractivity contribution in [3.63, 3.8) is 0 Å². The number of hydrazine groups is 1. The summed E-state index contributed by atoms with van der Waals surface area (Å²) >= 11 is 7.57. The van der Waals surface area contributed by atoms with Crippen LogP contribution in [0.15, 0.2) is 18.2 Å². The van der Waals surface area contributed by atoms with Crippen LogP contribution in [0.4, 0.5) is 4.39 Å². The Bertz CT molecular complexity index is 336. The Morgan fingerprint density at radius 3 is 2.94 bits per heavy atom. The Balaban J connectivity index is 2.65. The van der Waals surface area contributed by atoms with Gasteiger partial charge in [-0.1, -0.05) is 11.6 Å². The molecule has 0 bridgehead atoms. The van der Waals surface area contributed by atoms with Crippen molar-refractivity contribution in [2.45, 2.75) is 18.9 Å². The second-order valence-electron chi connectivity index (χ2n) is 3.58. The highest BCUT2D eigenvalue weighted by Crippen LogP contribution is 2.17. The summed E-state index contributed by atoms with van der Waals surface area (Å²) < 4.78 is 13.5. The summed E-state index contributed by atoms with van der Waals surface area (Å²) in [7, 11) is 0. The van der Waals surface area contributed by atoms with Gasteiger partial charge in [0.05, 0.1) is 0 Å². The number of thioether (sulfide) groups is 1. The number of hydrogen-bond acceptors (Lipinski definition) is 3. The zero-order valence-electron chi connectivity index (χ0n) is 9.17. The highest BCUT2D eigenvalue weighted by molar-refractivity contribution is 7.98. The Morgan fingerprint density at radius 1 is 1.56 bits per heavy atom. The van der Waals surface area contributed by atoms with E-state index >= 15 is 0 Å². The van der Waals surface area contributed by atoms with Gasteiger partial charge in [-0.05, 0) is 48.6 Å². The van der Waals surface area contributed by atoms with E-state index in [1.807, 2.05) is 6.26 Å². The van der Waals surface area contributed by atoms with Crippen LogP contribution in [0.3, 0.4) is 0 Å². The predicted molar refractivity (Wildman–Crippen MR) is 69.2 cm³/mol. The minimum Gasteiger partial charge on any atom is -0.271 e. The highest BCUT2D eigenvalue weighted by atomic mass is 35.5. The molecule has 0 heterocycles. The summed E-state index contributed by atoms with van der Waals surface area (Å²) in [5.41, 5.74) is 3.32. The lowest BCUT2D eigenvalue weighted by Crippen LogP contribution is -2.37. The Hall–Kier alpha value is -0.290. The molecule has 5 heteroatoms. The Labute approximate surface area is 105 Å². The average molecular weight is 263 g/mol. The summed E-state index contributed by atoms with van der Waals surface area (Å²) in [4.78, 5) is 0. The van der Waals surface area contributed by atoms with Gasteiger partial charge >= 0.3 is 0 Å². The fourth-order valence-electron chi connectivity index (χ4n) is 1.47. The molecule has 16 heavy (non-hydrogen) atoms. The molecule has 1 unspecified atom stereocenters. The van der Waals surface area contributed by atoms with Gasteiger partial charge in [0.2, 0.25) is 0 Å². The van der Waals surface area contributed by atoms with E-state index in [1.54, 1.807) is 23.9 Å². The van der Waals surface area contributed by atoms with Gasteiger partial charge in [-0.15, -0.1) is 0 Å². The lowest BCUT2D eigenvalue weighted by Gasteiger charge is -2.15. The fraction of sp³-hybridized carbons (Fsp3) is 0.455. The summed E-state index contributed by atoms with van der Waals surface area (Å²) in [6.07, 6.45) is 3.50. The number of nitrogens with one attached hydrogen (secondary N) is 1. The van der Waals surface area contributed by atoms with Crippen LogP contribution < -0.4 is 11.3 Å². The first-order valence-electron chi connectivity index (χ1n) is 5.06. The molecule has 2 nitrogen and oxygen atoms in total. The van der Waals surface area contributed by atoms with E-state index in [0.29, 0.717) is 17.0 Å². The number of hydrogen-bond donors (Lipinski definition) is 2. The molecule has 3 N–H and O–H groups in total. The second kappa shape index (κ2) is 7.12. The standard InChI is InChI=1S/C11H16ClFN2S/c1-16-5-4-10(15-14)7-8-6-9(12)2-3-11(8)13/h2-3,6,10,15H,4-5,7,14H2,1H3. The highest BCUT2D eigenvalue weighted by Gasteiger charge is 2.11. The minimum atomic E-state index is -0.228. The molecule has 0 aliphatic carbocycles. The molecule has 0 aliphatic rings. The zero-order valence-corrected chi connectivity index (χ0v) is 10.7. The van der Waals surface area contributed by atoms with Crippen molar-refractivity contribution in [2.24, 2.45) is 5.84 Å². The second-order valence-corrected chi connectivity index (χ2v) is 5.01. The van der Waals surface area contributed by atoms with Crippen LogP contribution in [-0.4, -0.2) is 18.1 Å². The normalized spacial score (nSPS) is 12.8. The van der Waals surface area contributed by atoms with Crippen LogP contribution >= 0.6 is 23.4 Å². The van der Waals surface area contributed by atoms with Gasteiger partial charge in [-0.3, -0.25) is 11.3 Å². The molecule has 0 saturated heterocycles.